The molecule has 0 radical (unpaired) electrons. The number of anilines is 1. The molecular weight excluding hydrogens is 243 g/mol. The van der Waals surface area contributed by atoms with E-state index in [1.54, 1.807) is 0 Å². The average Bonchev–Trinajstić information content (AvgIpc) is 3.13. The Balaban J connectivity index is 1.84. The summed E-state index contributed by atoms with van der Waals surface area (Å²) in [5.74, 6) is 0.675. The molecule has 5 heteroatoms. The molecule has 1 aliphatic heterocycles. The van der Waals surface area contributed by atoms with Crippen LogP contribution in [0.1, 0.15) is 30.0 Å². The highest BCUT2D eigenvalue weighted by Gasteiger charge is 2.31. The van der Waals surface area contributed by atoms with Crippen LogP contribution in [0.2, 0.25) is 0 Å². The Morgan fingerprint density at radius 3 is 2.74 bits per heavy atom. The van der Waals surface area contributed by atoms with Crippen LogP contribution in [-0.2, 0) is 6.54 Å². The summed E-state index contributed by atoms with van der Waals surface area (Å²) >= 11 is 0. The molecule has 1 aliphatic carbocycles. The summed E-state index contributed by atoms with van der Waals surface area (Å²) in [6.45, 7) is 1.40. The maximum atomic E-state index is 13.1. The van der Waals surface area contributed by atoms with Gasteiger partial charge >= 0.3 is 0 Å². The third kappa shape index (κ3) is 1.80. The summed E-state index contributed by atoms with van der Waals surface area (Å²) < 4.78 is 15.2. The van der Waals surface area contributed by atoms with Gasteiger partial charge in [0.2, 0.25) is 0 Å². The van der Waals surface area contributed by atoms with Gasteiger partial charge < -0.3 is 15.0 Å². The fraction of sp³-hybridized carbons (Fsp3) is 0.500. The van der Waals surface area contributed by atoms with Gasteiger partial charge in [-0.2, -0.15) is 0 Å². The molecule has 4 nitrogen and oxygen atoms in total. The molecular formula is C14H17FN4. The number of fused-ring (bicyclic) bond motifs is 1. The molecule has 1 saturated heterocycles. The number of nitrogens with zero attached hydrogens (tertiary/aromatic N) is 3. The first-order valence-corrected chi connectivity index (χ1v) is 6.85. The van der Waals surface area contributed by atoms with E-state index in [9.17, 15) is 4.39 Å². The van der Waals surface area contributed by atoms with Gasteiger partial charge in [0.1, 0.15) is 6.17 Å². The Hall–Kier alpha value is -1.62. The number of nitrogens with two attached hydrogens (primary N) is 1. The zero-order valence-corrected chi connectivity index (χ0v) is 10.7. The molecule has 0 aromatic carbocycles. The van der Waals surface area contributed by atoms with Gasteiger partial charge in [0.25, 0.3) is 0 Å². The second kappa shape index (κ2) is 3.93. The van der Waals surface area contributed by atoms with Gasteiger partial charge in [0.15, 0.2) is 5.65 Å². The van der Waals surface area contributed by atoms with Crippen molar-refractivity contribution in [3.63, 3.8) is 0 Å². The lowest BCUT2D eigenvalue weighted by Gasteiger charge is -2.36. The zero-order valence-electron chi connectivity index (χ0n) is 10.7. The molecule has 2 fully saturated rings. The molecule has 2 aromatic heterocycles. The zero-order chi connectivity index (χ0) is 13.0. The summed E-state index contributed by atoms with van der Waals surface area (Å²) in [6.07, 6.45) is 5.95. The molecule has 0 bridgehead atoms. The fourth-order valence-electron chi connectivity index (χ4n) is 2.75. The van der Waals surface area contributed by atoms with Gasteiger partial charge in [0, 0.05) is 18.9 Å². The predicted octanol–water partition coefficient (Wildman–Crippen LogP) is 1.83. The number of rotatable bonds is 3. The van der Waals surface area contributed by atoms with E-state index in [-0.39, 0.29) is 0 Å². The van der Waals surface area contributed by atoms with E-state index < -0.39 is 6.17 Å². The quantitative estimate of drug-likeness (QED) is 0.915. The van der Waals surface area contributed by atoms with Crippen molar-refractivity contribution in [3.8, 4) is 0 Å². The molecule has 2 aliphatic rings. The van der Waals surface area contributed by atoms with Crippen LogP contribution in [-0.4, -0.2) is 28.6 Å². The smallest absolute Gasteiger partial charge is 0.160 e. The Kier molecular flexibility index (Phi) is 2.33. The minimum atomic E-state index is -0.700. The number of halogens is 1. The second-order valence-corrected chi connectivity index (χ2v) is 5.60. The monoisotopic (exact) mass is 260 g/mol. The van der Waals surface area contributed by atoms with Crippen molar-refractivity contribution < 1.29 is 4.39 Å². The summed E-state index contributed by atoms with van der Waals surface area (Å²) in [4.78, 5) is 6.62. The molecule has 2 N–H and O–H groups in total. The number of aromatic nitrogens is 2. The standard InChI is InChI=1S/C14H17FN4/c15-11-6-18(7-11)13-3-10(9-1-2-9)5-19-8-12(4-16)17-14(13)19/h3,5,8-9,11H,1-2,4,6-7,16H2. The molecule has 0 spiro atoms. The van der Waals surface area contributed by atoms with E-state index in [1.807, 2.05) is 6.20 Å². The minimum absolute atomic E-state index is 0.436. The highest BCUT2D eigenvalue weighted by Crippen LogP contribution is 2.42. The summed E-state index contributed by atoms with van der Waals surface area (Å²) in [5, 5.41) is 0. The van der Waals surface area contributed by atoms with E-state index in [2.05, 4.69) is 26.5 Å². The first-order valence-electron chi connectivity index (χ1n) is 6.85. The average molecular weight is 260 g/mol. The summed E-state index contributed by atoms with van der Waals surface area (Å²) in [6, 6.07) is 2.19. The topological polar surface area (TPSA) is 46.6 Å². The number of pyridine rings is 1. The van der Waals surface area contributed by atoms with Crippen LogP contribution < -0.4 is 10.6 Å². The molecule has 0 amide bonds. The molecule has 100 valence electrons. The highest BCUT2D eigenvalue weighted by atomic mass is 19.1. The first-order chi connectivity index (χ1) is 9.24. The van der Waals surface area contributed by atoms with Crippen molar-refractivity contribution in [2.24, 2.45) is 5.73 Å². The highest BCUT2D eigenvalue weighted by molar-refractivity contribution is 5.72. The SMILES string of the molecule is NCc1cn2cc(C3CC3)cc(N3CC(F)C3)c2n1. The van der Waals surface area contributed by atoms with Crippen molar-refractivity contribution in [1.29, 1.82) is 0 Å². The third-order valence-corrected chi connectivity index (χ3v) is 4.04. The van der Waals surface area contributed by atoms with E-state index in [4.69, 9.17) is 5.73 Å². The van der Waals surface area contributed by atoms with E-state index >= 15 is 0 Å². The van der Waals surface area contributed by atoms with Crippen LogP contribution in [0.25, 0.3) is 5.65 Å². The Labute approximate surface area is 111 Å². The molecule has 3 heterocycles. The van der Waals surface area contributed by atoms with Gasteiger partial charge in [-0.3, -0.25) is 0 Å². The van der Waals surface area contributed by atoms with Crippen molar-refractivity contribution in [1.82, 2.24) is 9.38 Å². The number of alkyl halides is 1. The molecule has 1 saturated carbocycles. The maximum Gasteiger partial charge on any atom is 0.160 e. The normalized spacial score (nSPS) is 20.0. The van der Waals surface area contributed by atoms with Gasteiger partial charge in [0.05, 0.1) is 24.5 Å². The maximum absolute atomic E-state index is 13.1. The van der Waals surface area contributed by atoms with E-state index in [0.29, 0.717) is 25.6 Å². The molecule has 0 unspecified atom stereocenters. The number of hydrogen-bond donors (Lipinski definition) is 1. The lowest BCUT2D eigenvalue weighted by atomic mass is 10.1. The van der Waals surface area contributed by atoms with Crippen LogP contribution in [0.4, 0.5) is 10.1 Å². The van der Waals surface area contributed by atoms with E-state index in [0.717, 1.165) is 17.0 Å². The van der Waals surface area contributed by atoms with Crippen molar-refractivity contribution >= 4 is 11.3 Å². The van der Waals surface area contributed by atoms with Gasteiger partial charge in [-0.1, -0.05) is 0 Å². The molecule has 19 heavy (non-hydrogen) atoms. The fourth-order valence-corrected chi connectivity index (χ4v) is 2.75. The third-order valence-electron chi connectivity index (χ3n) is 4.04. The van der Waals surface area contributed by atoms with Crippen LogP contribution in [0.3, 0.4) is 0 Å². The van der Waals surface area contributed by atoms with E-state index in [1.165, 1.54) is 18.4 Å². The molecule has 0 atom stereocenters. The second-order valence-electron chi connectivity index (χ2n) is 5.60. The Bertz CT molecular complexity index is 626. The summed E-state index contributed by atoms with van der Waals surface area (Å²) in [5.41, 5.74) is 9.84. The van der Waals surface area contributed by atoms with Crippen LogP contribution in [0, 0.1) is 0 Å². The van der Waals surface area contributed by atoms with Gasteiger partial charge in [-0.25, -0.2) is 9.37 Å². The predicted molar refractivity (Wildman–Crippen MR) is 72.2 cm³/mol. The van der Waals surface area contributed by atoms with Crippen LogP contribution >= 0.6 is 0 Å². The Morgan fingerprint density at radius 2 is 2.11 bits per heavy atom. The first kappa shape index (κ1) is 11.2. The largest absolute Gasteiger partial charge is 0.363 e. The van der Waals surface area contributed by atoms with Crippen molar-refractivity contribution in [3.05, 3.63) is 29.7 Å². The van der Waals surface area contributed by atoms with Gasteiger partial charge in [-0.05, 0) is 30.4 Å². The lowest BCUT2D eigenvalue weighted by Crippen LogP contribution is -2.48. The lowest BCUT2D eigenvalue weighted by molar-refractivity contribution is 0.275. The molecule has 2 aromatic rings. The number of imidazole rings is 1. The number of hydrogen-bond acceptors (Lipinski definition) is 3. The molecule has 4 rings (SSSR count). The Morgan fingerprint density at radius 1 is 1.32 bits per heavy atom. The van der Waals surface area contributed by atoms with Gasteiger partial charge in [-0.15, -0.1) is 0 Å². The minimum Gasteiger partial charge on any atom is -0.363 e. The van der Waals surface area contributed by atoms with Crippen LogP contribution in [0.5, 0.6) is 0 Å². The summed E-state index contributed by atoms with van der Waals surface area (Å²) in [7, 11) is 0. The van der Waals surface area contributed by atoms with Crippen molar-refractivity contribution in [2.75, 3.05) is 18.0 Å². The van der Waals surface area contributed by atoms with Crippen molar-refractivity contribution in [2.45, 2.75) is 31.5 Å². The van der Waals surface area contributed by atoms with Crippen LogP contribution in [0.15, 0.2) is 18.5 Å².